The van der Waals surface area contributed by atoms with Gasteiger partial charge >= 0.3 is 0 Å². The Balaban J connectivity index is 1.30. The van der Waals surface area contributed by atoms with Crippen molar-refractivity contribution >= 4 is 12.1 Å². The van der Waals surface area contributed by atoms with Crippen molar-refractivity contribution in [3.05, 3.63) is 113 Å². The SMILES string of the molecule is C=CCOc1cccc(C=NNC(=O)c2ccc(CN3CCc4ccccc4C3)cc2)c1. The van der Waals surface area contributed by atoms with Crippen LogP contribution < -0.4 is 10.2 Å². The number of carbonyl (C=O) groups excluding carboxylic acids is 1. The summed E-state index contributed by atoms with van der Waals surface area (Å²) in [6.07, 6.45) is 4.37. The van der Waals surface area contributed by atoms with E-state index in [-0.39, 0.29) is 5.91 Å². The lowest BCUT2D eigenvalue weighted by Gasteiger charge is -2.28. The molecule has 32 heavy (non-hydrogen) atoms. The molecular formula is C27H27N3O2. The molecule has 0 atom stereocenters. The van der Waals surface area contributed by atoms with E-state index in [1.807, 2.05) is 48.5 Å². The Hall–Kier alpha value is -3.70. The average Bonchev–Trinajstić information content (AvgIpc) is 2.83. The number of ether oxygens (including phenoxy) is 1. The summed E-state index contributed by atoms with van der Waals surface area (Å²) in [7, 11) is 0. The molecule has 5 nitrogen and oxygen atoms in total. The van der Waals surface area contributed by atoms with E-state index in [9.17, 15) is 4.79 Å². The fourth-order valence-electron chi connectivity index (χ4n) is 3.78. The predicted octanol–water partition coefficient (Wildman–Crippen LogP) is 4.57. The second-order valence-corrected chi connectivity index (χ2v) is 7.80. The molecular weight excluding hydrogens is 398 g/mol. The fourth-order valence-corrected chi connectivity index (χ4v) is 3.78. The van der Waals surface area contributed by atoms with Crippen molar-refractivity contribution in [2.75, 3.05) is 13.2 Å². The van der Waals surface area contributed by atoms with Gasteiger partial charge in [-0.05, 0) is 52.9 Å². The van der Waals surface area contributed by atoms with Gasteiger partial charge in [-0.15, -0.1) is 0 Å². The highest BCUT2D eigenvalue weighted by molar-refractivity contribution is 5.94. The molecule has 1 N–H and O–H groups in total. The second-order valence-electron chi connectivity index (χ2n) is 7.80. The van der Waals surface area contributed by atoms with Crippen LogP contribution in [0.4, 0.5) is 0 Å². The zero-order chi connectivity index (χ0) is 22.2. The number of rotatable bonds is 8. The number of amides is 1. The van der Waals surface area contributed by atoms with Crippen LogP contribution in [0.3, 0.4) is 0 Å². The smallest absolute Gasteiger partial charge is 0.271 e. The molecule has 1 amide bonds. The van der Waals surface area contributed by atoms with Gasteiger partial charge in [-0.1, -0.05) is 61.2 Å². The molecule has 0 unspecified atom stereocenters. The third-order valence-corrected chi connectivity index (χ3v) is 5.44. The van der Waals surface area contributed by atoms with Gasteiger partial charge < -0.3 is 4.74 Å². The van der Waals surface area contributed by atoms with Crippen LogP contribution >= 0.6 is 0 Å². The Morgan fingerprint density at radius 3 is 2.69 bits per heavy atom. The zero-order valence-corrected chi connectivity index (χ0v) is 18.0. The summed E-state index contributed by atoms with van der Waals surface area (Å²) < 4.78 is 5.50. The Kier molecular flexibility index (Phi) is 7.10. The van der Waals surface area contributed by atoms with Crippen LogP contribution in [0.1, 0.15) is 32.6 Å². The van der Waals surface area contributed by atoms with Gasteiger partial charge in [-0.25, -0.2) is 5.43 Å². The van der Waals surface area contributed by atoms with Crippen molar-refractivity contribution in [2.45, 2.75) is 19.5 Å². The molecule has 0 bridgehead atoms. The Morgan fingerprint density at radius 1 is 1.06 bits per heavy atom. The van der Waals surface area contributed by atoms with E-state index in [2.05, 4.69) is 46.3 Å². The van der Waals surface area contributed by atoms with Crippen LogP contribution in [-0.4, -0.2) is 30.2 Å². The van der Waals surface area contributed by atoms with E-state index in [1.165, 1.54) is 16.7 Å². The third kappa shape index (κ3) is 5.71. The summed E-state index contributed by atoms with van der Waals surface area (Å²) in [6, 6.07) is 23.9. The summed E-state index contributed by atoms with van der Waals surface area (Å²) in [6.45, 7) is 6.97. The van der Waals surface area contributed by atoms with Crippen LogP contribution in [0, 0.1) is 0 Å². The Labute approximate surface area is 189 Å². The summed E-state index contributed by atoms with van der Waals surface area (Å²) in [4.78, 5) is 14.8. The molecule has 0 saturated carbocycles. The van der Waals surface area contributed by atoms with Crippen LogP contribution in [0.25, 0.3) is 0 Å². The first-order valence-electron chi connectivity index (χ1n) is 10.8. The molecule has 0 spiro atoms. The number of hydrogen-bond acceptors (Lipinski definition) is 4. The van der Waals surface area contributed by atoms with Gasteiger partial charge in [-0.3, -0.25) is 9.69 Å². The molecule has 1 aliphatic rings. The van der Waals surface area contributed by atoms with E-state index in [0.717, 1.165) is 37.4 Å². The highest BCUT2D eigenvalue weighted by Crippen LogP contribution is 2.20. The maximum atomic E-state index is 12.4. The number of fused-ring (bicyclic) bond motifs is 1. The molecule has 1 heterocycles. The maximum Gasteiger partial charge on any atom is 0.271 e. The standard InChI is InChI=1S/C27H27N3O2/c1-2-16-32-26-9-5-6-22(17-26)18-28-29-27(31)24-12-10-21(11-13-24)19-30-15-14-23-7-3-4-8-25(23)20-30/h2-13,17-18H,1,14-16,19-20H2,(H,29,31). The van der Waals surface area contributed by atoms with Crippen LogP contribution in [0.5, 0.6) is 5.75 Å². The lowest BCUT2D eigenvalue weighted by molar-refractivity contribution is 0.0955. The number of hydrazone groups is 1. The van der Waals surface area contributed by atoms with Crippen LogP contribution in [0.2, 0.25) is 0 Å². The first-order valence-corrected chi connectivity index (χ1v) is 10.8. The fraction of sp³-hybridized carbons (Fsp3) is 0.185. The van der Waals surface area contributed by atoms with E-state index in [4.69, 9.17) is 4.74 Å². The Morgan fingerprint density at radius 2 is 1.88 bits per heavy atom. The molecule has 3 aromatic carbocycles. The summed E-state index contributed by atoms with van der Waals surface area (Å²) in [5.74, 6) is 0.492. The van der Waals surface area contributed by atoms with Gasteiger partial charge in [0.15, 0.2) is 0 Å². The van der Waals surface area contributed by atoms with Gasteiger partial charge in [0.1, 0.15) is 12.4 Å². The van der Waals surface area contributed by atoms with Gasteiger partial charge in [0.25, 0.3) is 5.91 Å². The summed E-state index contributed by atoms with van der Waals surface area (Å²) >= 11 is 0. The molecule has 0 aromatic heterocycles. The third-order valence-electron chi connectivity index (χ3n) is 5.44. The minimum Gasteiger partial charge on any atom is -0.490 e. The maximum absolute atomic E-state index is 12.4. The topological polar surface area (TPSA) is 53.9 Å². The molecule has 0 saturated heterocycles. The first kappa shape index (κ1) is 21.5. The quantitative estimate of drug-likeness (QED) is 0.327. The lowest BCUT2D eigenvalue weighted by atomic mass is 9.99. The van der Waals surface area contributed by atoms with Crippen LogP contribution in [-0.2, 0) is 19.5 Å². The van der Waals surface area contributed by atoms with E-state index in [1.54, 1.807) is 12.3 Å². The largest absolute Gasteiger partial charge is 0.490 e. The minimum atomic E-state index is -0.237. The van der Waals surface area contributed by atoms with E-state index >= 15 is 0 Å². The van der Waals surface area contributed by atoms with Gasteiger partial charge in [0, 0.05) is 25.2 Å². The molecule has 1 aliphatic heterocycles. The average molecular weight is 426 g/mol. The normalized spacial score (nSPS) is 13.5. The van der Waals surface area contributed by atoms with Crippen molar-refractivity contribution in [1.29, 1.82) is 0 Å². The monoisotopic (exact) mass is 425 g/mol. The highest BCUT2D eigenvalue weighted by Gasteiger charge is 2.15. The molecule has 4 rings (SSSR count). The second kappa shape index (κ2) is 10.6. The van der Waals surface area contributed by atoms with E-state index in [0.29, 0.717) is 12.2 Å². The van der Waals surface area contributed by atoms with Crippen LogP contribution in [0.15, 0.2) is 90.6 Å². The lowest BCUT2D eigenvalue weighted by Crippen LogP contribution is -2.30. The van der Waals surface area contributed by atoms with Gasteiger partial charge in [0.05, 0.1) is 6.21 Å². The molecule has 162 valence electrons. The summed E-state index contributed by atoms with van der Waals surface area (Å²) in [5, 5.41) is 4.07. The van der Waals surface area contributed by atoms with Gasteiger partial charge in [0.2, 0.25) is 0 Å². The van der Waals surface area contributed by atoms with Crippen molar-refractivity contribution in [3.63, 3.8) is 0 Å². The first-order chi connectivity index (χ1) is 15.7. The van der Waals surface area contributed by atoms with Crippen molar-refractivity contribution in [2.24, 2.45) is 5.10 Å². The van der Waals surface area contributed by atoms with Crippen molar-refractivity contribution in [3.8, 4) is 5.75 Å². The van der Waals surface area contributed by atoms with Gasteiger partial charge in [-0.2, -0.15) is 5.10 Å². The van der Waals surface area contributed by atoms with Crippen molar-refractivity contribution in [1.82, 2.24) is 10.3 Å². The van der Waals surface area contributed by atoms with E-state index < -0.39 is 0 Å². The van der Waals surface area contributed by atoms with Crippen molar-refractivity contribution < 1.29 is 9.53 Å². The predicted molar refractivity (Wildman–Crippen MR) is 128 cm³/mol. The number of nitrogens with one attached hydrogen (secondary N) is 1. The number of carbonyl (C=O) groups is 1. The molecule has 3 aromatic rings. The molecule has 0 aliphatic carbocycles. The highest BCUT2D eigenvalue weighted by atomic mass is 16.5. The number of nitrogens with zero attached hydrogens (tertiary/aromatic N) is 2. The molecule has 0 fully saturated rings. The zero-order valence-electron chi connectivity index (χ0n) is 18.0. The number of benzene rings is 3. The number of hydrogen-bond donors (Lipinski definition) is 1. The molecule has 0 radical (unpaired) electrons. The summed E-state index contributed by atoms with van der Waals surface area (Å²) in [5.41, 5.74) is 8.06. The minimum absolute atomic E-state index is 0.237. The molecule has 5 heteroatoms. The Bertz CT molecular complexity index is 1110.